The van der Waals surface area contributed by atoms with Crippen LogP contribution in [-0.2, 0) is 0 Å². The second-order valence-corrected chi connectivity index (χ2v) is 4.97. The predicted octanol–water partition coefficient (Wildman–Crippen LogP) is 3.03. The molecule has 0 saturated heterocycles. The van der Waals surface area contributed by atoms with Crippen LogP contribution in [0.2, 0.25) is 0 Å². The van der Waals surface area contributed by atoms with Crippen molar-refractivity contribution in [3.63, 3.8) is 0 Å². The molecule has 13 heavy (non-hydrogen) atoms. The normalized spacial score (nSPS) is 10.5. The van der Waals surface area contributed by atoms with Crippen LogP contribution in [-0.4, -0.2) is 25.5 Å². The number of hydrogen-bond donors (Lipinski definition) is 0. The number of halogens is 1. The SMILES string of the molecule is COc1ccc(Br)cc1SN(C)C. The molecule has 1 aromatic rings. The Bertz CT molecular complexity index is 291. The third-order valence-corrected chi connectivity index (χ3v) is 2.78. The highest BCUT2D eigenvalue weighted by molar-refractivity contribution is 9.10. The van der Waals surface area contributed by atoms with E-state index in [1.807, 2.05) is 36.6 Å². The van der Waals surface area contributed by atoms with Crippen LogP contribution < -0.4 is 4.74 Å². The Morgan fingerprint density at radius 2 is 2.08 bits per heavy atom. The molecular weight excluding hydrogens is 250 g/mol. The zero-order chi connectivity index (χ0) is 9.84. The van der Waals surface area contributed by atoms with Gasteiger partial charge in [-0.15, -0.1) is 0 Å². The Morgan fingerprint density at radius 3 is 2.62 bits per heavy atom. The Balaban J connectivity index is 2.94. The van der Waals surface area contributed by atoms with Crippen molar-refractivity contribution in [2.45, 2.75) is 4.90 Å². The Kier molecular flexibility index (Phi) is 4.09. The van der Waals surface area contributed by atoms with E-state index in [9.17, 15) is 0 Å². The third-order valence-electron chi connectivity index (χ3n) is 1.41. The van der Waals surface area contributed by atoms with Crippen LogP contribution in [0.25, 0.3) is 0 Å². The molecule has 4 heteroatoms. The molecule has 0 heterocycles. The summed E-state index contributed by atoms with van der Waals surface area (Å²) in [5, 5.41) is 0. The van der Waals surface area contributed by atoms with Gasteiger partial charge >= 0.3 is 0 Å². The molecule has 0 bridgehead atoms. The number of nitrogens with zero attached hydrogens (tertiary/aromatic N) is 1. The van der Waals surface area contributed by atoms with E-state index in [1.54, 1.807) is 19.1 Å². The van der Waals surface area contributed by atoms with Gasteiger partial charge in [0.1, 0.15) is 5.75 Å². The van der Waals surface area contributed by atoms with Gasteiger partial charge < -0.3 is 4.74 Å². The van der Waals surface area contributed by atoms with Gasteiger partial charge in [0.05, 0.1) is 12.0 Å². The summed E-state index contributed by atoms with van der Waals surface area (Å²) in [5.41, 5.74) is 0. The third kappa shape index (κ3) is 3.21. The summed E-state index contributed by atoms with van der Waals surface area (Å²) in [5.74, 6) is 0.905. The lowest BCUT2D eigenvalue weighted by Crippen LogP contribution is -1.99. The van der Waals surface area contributed by atoms with Crippen molar-refractivity contribution in [2.24, 2.45) is 0 Å². The van der Waals surface area contributed by atoms with Gasteiger partial charge in [0.2, 0.25) is 0 Å². The molecule has 0 spiro atoms. The fourth-order valence-corrected chi connectivity index (χ4v) is 2.25. The summed E-state index contributed by atoms with van der Waals surface area (Å²) in [4.78, 5) is 1.11. The van der Waals surface area contributed by atoms with E-state index >= 15 is 0 Å². The van der Waals surface area contributed by atoms with E-state index in [4.69, 9.17) is 4.74 Å². The van der Waals surface area contributed by atoms with Crippen LogP contribution in [0.1, 0.15) is 0 Å². The van der Waals surface area contributed by atoms with E-state index in [0.29, 0.717) is 0 Å². The van der Waals surface area contributed by atoms with Crippen LogP contribution >= 0.6 is 27.9 Å². The molecule has 72 valence electrons. The van der Waals surface area contributed by atoms with Crippen LogP contribution in [0.15, 0.2) is 27.6 Å². The molecule has 0 amide bonds. The zero-order valence-electron chi connectivity index (χ0n) is 7.87. The fraction of sp³-hybridized carbons (Fsp3) is 0.333. The van der Waals surface area contributed by atoms with Gasteiger partial charge in [-0.05, 0) is 44.2 Å². The van der Waals surface area contributed by atoms with Crippen molar-refractivity contribution in [1.29, 1.82) is 0 Å². The second-order valence-electron chi connectivity index (χ2n) is 2.70. The first-order valence-corrected chi connectivity index (χ1v) is 5.39. The van der Waals surface area contributed by atoms with Crippen LogP contribution in [0.3, 0.4) is 0 Å². The second kappa shape index (κ2) is 4.88. The molecule has 0 aliphatic carbocycles. The van der Waals surface area contributed by atoms with Crippen molar-refractivity contribution in [1.82, 2.24) is 4.31 Å². The van der Waals surface area contributed by atoms with Gasteiger partial charge in [-0.25, -0.2) is 0 Å². The molecule has 0 atom stereocenters. The largest absolute Gasteiger partial charge is 0.496 e. The van der Waals surface area contributed by atoms with Crippen LogP contribution in [0.4, 0.5) is 0 Å². The minimum absolute atomic E-state index is 0.905. The summed E-state index contributed by atoms with van der Waals surface area (Å²) in [6.07, 6.45) is 0. The van der Waals surface area contributed by atoms with Gasteiger partial charge in [0.25, 0.3) is 0 Å². The lowest BCUT2D eigenvalue weighted by molar-refractivity contribution is 0.404. The Labute approximate surface area is 91.5 Å². The molecule has 0 N–H and O–H groups in total. The molecule has 2 nitrogen and oxygen atoms in total. The molecule has 0 aromatic heterocycles. The van der Waals surface area contributed by atoms with E-state index in [1.165, 1.54) is 0 Å². The minimum atomic E-state index is 0.905. The average Bonchev–Trinajstić information content (AvgIpc) is 2.03. The van der Waals surface area contributed by atoms with Crippen LogP contribution in [0.5, 0.6) is 5.75 Å². The number of hydrogen-bond acceptors (Lipinski definition) is 3. The Morgan fingerprint density at radius 1 is 1.38 bits per heavy atom. The highest BCUT2D eigenvalue weighted by atomic mass is 79.9. The van der Waals surface area contributed by atoms with Gasteiger partial charge in [-0.2, -0.15) is 0 Å². The quantitative estimate of drug-likeness (QED) is 0.777. The van der Waals surface area contributed by atoms with Crippen molar-refractivity contribution < 1.29 is 4.74 Å². The molecule has 0 aliphatic heterocycles. The van der Waals surface area contributed by atoms with Crippen molar-refractivity contribution in [3.8, 4) is 5.75 Å². The number of benzene rings is 1. The predicted molar refractivity (Wildman–Crippen MR) is 60.2 cm³/mol. The van der Waals surface area contributed by atoms with Crippen molar-refractivity contribution in [3.05, 3.63) is 22.7 Å². The monoisotopic (exact) mass is 261 g/mol. The van der Waals surface area contributed by atoms with Crippen molar-refractivity contribution in [2.75, 3.05) is 21.2 Å². The zero-order valence-corrected chi connectivity index (χ0v) is 10.3. The maximum absolute atomic E-state index is 5.23. The van der Waals surface area contributed by atoms with Crippen molar-refractivity contribution >= 4 is 27.9 Å². The van der Waals surface area contributed by atoms with Gasteiger partial charge in [-0.1, -0.05) is 15.9 Å². The summed E-state index contributed by atoms with van der Waals surface area (Å²) in [6, 6.07) is 5.97. The summed E-state index contributed by atoms with van der Waals surface area (Å²) in [7, 11) is 5.69. The van der Waals surface area contributed by atoms with Gasteiger partial charge in [0.15, 0.2) is 0 Å². The first kappa shape index (κ1) is 10.9. The van der Waals surface area contributed by atoms with Gasteiger partial charge in [0, 0.05) is 4.47 Å². The number of rotatable bonds is 3. The molecule has 1 rings (SSSR count). The lowest BCUT2D eigenvalue weighted by Gasteiger charge is -2.12. The number of methoxy groups -OCH3 is 1. The van der Waals surface area contributed by atoms with E-state index in [2.05, 4.69) is 15.9 Å². The van der Waals surface area contributed by atoms with E-state index in [0.717, 1.165) is 15.1 Å². The molecular formula is C9H12BrNOS. The Hall–Kier alpha value is -0.190. The molecule has 1 aromatic carbocycles. The number of ether oxygens (including phenoxy) is 1. The highest BCUT2D eigenvalue weighted by Crippen LogP contribution is 2.32. The van der Waals surface area contributed by atoms with Gasteiger partial charge in [-0.3, -0.25) is 4.31 Å². The smallest absolute Gasteiger partial charge is 0.133 e. The fourth-order valence-electron chi connectivity index (χ4n) is 0.919. The maximum Gasteiger partial charge on any atom is 0.133 e. The molecule has 0 aliphatic rings. The topological polar surface area (TPSA) is 12.5 Å². The summed E-state index contributed by atoms with van der Waals surface area (Å²) >= 11 is 5.07. The van der Waals surface area contributed by atoms with E-state index in [-0.39, 0.29) is 0 Å². The average molecular weight is 262 g/mol. The first-order valence-electron chi connectivity index (χ1n) is 3.82. The minimum Gasteiger partial charge on any atom is -0.496 e. The molecule has 0 unspecified atom stereocenters. The molecule has 0 radical (unpaired) electrons. The lowest BCUT2D eigenvalue weighted by atomic mass is 10.3. The summed E-state index contributed by atoms with van der Waals surface area (Å²) in [6.45, 7) is 0. The van der Waals surface area contributed by atoms with E-state index < -0.39 is 0 Å². The molecule has 0 fully saturated rings. The summed E-state index contributed by atoms with van der Waals surface area (Å²) < 4.78 is 8.33. The molecule has 0 saturated carbocycles. The van der Waals surface area contributed by atoms with Crippen LogP contribution in [0, 0.1) is 0 Å². The first-order chi connectivity index (χ1) is 6.13. The maximum atomic E-state index is 5.23. The standard InChI is InChI=1S/C9H12BrNOS/c1-11(2)13-9-6-7(10)4-5-8(9)12-3/h4-6H,1-3H3. The highest BCUT2D eigenvalue weighted by Gasteiger charge is 2.05.